The molecule has 154 valence electrons. The predicted molar refractivity (Wildman–Crippen MR) is 123 cm³/mol. The summed E-state index contributed by atoms with van der Waals surface area (Å²) < 4.78 is 19.3. The topological polar surface area (TPSA) is 49.8 Å². The van der Waals surface area contributed by atoms with Crippen LogP contribution in [0.4, 0.5) is 4.39 Å². The molecule has 2 heterocycles. The zero-order chi connectivity index (χ0) is 19.4. The summed E-state index contributed by atoms with van der Waals surface area (Å²) in [6, 6.07) is 6.56. The molecule has 2 unspecified atom stereocenters. The third-order valence-electron chi connectivity index (χ3n) is 4.51. The van der Waals surface area contributed by atoms with Gasteiger partial charge in [0.05, 0.1) is 29.9 Å². The Labute approximate surface area is 187 Å². The van der Waals surface area contributed by atoms with Gasteiger partial charge in [0.1, 0.15) is 11.9 Å². The summed E-state index contributed by atoms with van der Waals surface area (Å²) in [7, 11) is 0. The fourth-order valence-electron chi connectivity index (χ4n) is 3.28. The van der Waals surface area contributed by atoms with Crippen molar-refractivity contribution in [2.24, 2.45) is 4.99 Å². The van der Waals surface area contributed by atoms with E-state index in [9.17, 15) is 4.39 Å². The molecule has 2 atom stereocenters. The lowest BCUT2D eigenvalue weighted by atomic mass is 10.1. The molecule has 0 bridgehead atoms. The van der Waals surface area contributed by atoms with Crippen molar-refractivity contribution >= 4 is 41.3 Å². The van der Waals surface area contributed by atoms with E-state index < -0.39 is 0 Å². The molecule has 1 N–H and O–H groups in total. The number of guanidine groups is 1. The molecule has 5 nitrogen and oxygen atoms in total. The minimum Gasteiger partial charge on any atom is -0.367 e. The molecule has 0 radical (unpaired) electrons. The number of aryl methyl sites for hydroxylation is 2. The van der Waals surface area contributed by atoms with Crippen molar-refractivity contribution in [1.82, 2.24) is 15.2 Å². The summed E-state index contributed by atoms with van der Waals surface area (Å²) >= 11 is 1.70. The number of hydrogen-bond acceptors (Lipinski definition) is 4. The normalized spacial score (nSPS) is 20.0. The van der Waals surface area contributed by atoms with Gasteiger partial charge in [-0.3, -0.25) is 0 Å². The smallest absolute Gasteiger partial charge is 0.194 e. The molecule has 2 aromatic rings. The molecule has 0 saturated carbocycles. The second kappa shape index (κ2) is 10.5. The maximum Gasteiger partial charge on any atom is 0.194 e. The van der Waals surface area contributed by atoms with Crippen LogP contribution in [0.5, 0.6) is 0 Å². The monoisotopic (exact) mass is 518 g/mol. The lowest BCUT2D eigenvalue weighted by molar-refractivity contribution is -0.0605. The van der Waals surface area contributed by atoms with Crippen molar-refractivity contribution in [2.45, 2.75) is 46.4 Å². The van der Waals surface area contributed by atoms with E-state index in [1.54, 1.807) is 23.5 Å². The summed E-state index contributed by atoms with van der Waals surface area (Å²) in [6.45, 7) is 11.0. The quantitative estimate of drug-likeness (QED) is 0.370. The second-order valence-electron chi connectivity index (χ2n) is 6.80. The van der Waals surface area contributed by atoms with E-state index in [1.807, 2.05) is 13.8 Å². The van der Waals surface area contributed by atoms with Gasteiger partial charge >= 0.3 is 0 Å². The van der Waals surface area contributed by atoms with E-state index >= 15 is 0 Å². The van der Waals surface area contributed by atoms with E-state index in [-0.39, 0.29) is 42.0 Å². The summed E-state index contributed by atoms with van der Waals surface area (Å²) in [5.41, 5.74) is 2.04. The summed E-state index contributed by atoms with van der Waals surface area (Å²) in [5.74, 6) is 0.648. The number of aromatic nitrogens is 1. The fraction of sp³-hybridized carbons (Fsp3) is 0.500. The van der Waals surface area contributed by atoms with Gasteiger partial charge in [-0.05, 0) is 45.4 Å². The number of morpholine rings is 1. The molecular weight excluding hydrogens is 490 g/mol. The zero-order valence-corrected chi connectivity index (χ0v) is 19.9. The second-order valence-corrected chi connectivity index (χ2v) is 8.09. The van der Waals surface area contributed by atoms with Crippen molar-refractivity contribution in [3.05, 3.63) is 51.2 Å². The molecule has 28 heavy (non-hydrogen) atoms. The highest BCUT2D eigenvalue weighted by Gasteiger charge is 2.28. The molecule has 1 aliphatic heterocycles. The third-order valence-corrected chi connectivity index (χ3v) is 5.57. The molecule has 3 rings (SSSR count). The van der Waals surface area contributed by atoms with Gasteiger partial charge in [0.15, 0.2) is 5.96 Å². The van der Waals surface area contributed by atoms with E-state index in [1.165, 1.54) is 17.0 Å². The van der Waals surface area contributed by atoms with Crippen LogP contribution in [-0.4, -0.2) is 41.6 Å². The Bertz CT molecular complexity index is 796. The van der Waals surface area contributed by atoms with E-state index in [4.69, 9.17) is 9.73 Å². The lowest BCUT2D eigenvalue weighted by Crippen LogP contribution is -2.50. The van der Waals surface area contributed by atoms with Crippen molar-refractivity contribution in [2.75, 3.05) is 19.6 Å². The number of nitrogens with zero attached hydrogens (tertiary/aromatic N) is 3. The number of aliphatic imine (C=N–C) groups is 1. The number of rotatable bonds is 4. The minimum absolute atomic E-state index is 0. The average Bonchev–Trinajstić information content (AvgIpc) is 2.96. The molecule has 8 heteroatoms. The first kappa shape index (κ1) is 23.0. The van der Waals surface area contributed by atoms with Gasteiger partial charge in [-0.1, -0.05) is 12.1 Å². The van der Waals surface area contributed by atoms with Crippen LogP contribution in [-0.2, 0) is 11.3 Å². The van der Waals surface area contributed by atoms with E-state index in [2.05, 4.69) is 29.0 Å². The molecule has 1 saturated heterocycles. The van der Waals surface area contributed by atoms with Crippen molar-refractivity contribution in [3.8, 4) is 0 Å². The number of thiazole rings is 1. The Kier molecular flexibility index (Phi) is 8.63. The molecule has 0 amide bonds. The SMILES string of the molecule is CCNC(=NCc1sc(C)nc1C)N1CC(C)OC(c2ccc(F)cc2)C1.I. The van der Waals surface area contributed by atoms with Gasteiger partial charge in [0, 0.05) is 18.0 Å². The zero-order valence-electron chi connectivity index (χ0n) is 16.7. The van der Waals surface area contributed by atoms with Gasteiger partial charge in [-0.15, -0.1) is 35.3 Å². The number of ether oxygens (including phenoxy) is 1. The molecule has 1 fully saturated rings. The standard InChI is InChI=1S/C20H27FN4OS.HI/c1-5-22-20(23-10-19-14(3)24-15(4)27-19)25-11-13(2)26-18(12-25)16-6-8-17(21)9-7-16;/h6-9,13,18H,5,10-12H2,1-4H3,(H,22,23);1H. The lowest BCUT2D eigenvalue weighted by Gasteiger charge is -2.38. The Hall–Kier alpha value is -1.26. The van der Waals surface area contributed by atoms with Crippen LogP contribution in [0.15, 0.2) is 29.3 Å². The first-order valence-electron chi connectivity index (χ1n) is 9.33. The van der Waals surface area contributed by atoms with Gasteiger partial charge in [-0.25, -0.2) is 14.4 Å². The average molecular weight is 518 g/mol. The van der Waals surface area contributed by atoms with Crippen molar-refractivity contribution in [3.63, 3.8) is 0 Å². The largest absolute Gasteiger partial charge is 0.367 e. The van der Waals surface area contributed by atoms with Crippen LogP contribution < -0.4 is 5.32 Å². The van der Waals surface area contributed by atoms with Crippen molar-refractivity contribution < 1.29 is 9.13 Å². The van der Waals surface area contributed by atoms with Gasteiger partial charge in [0.2, 0.25) is 0 Å². The fourth-order valence-corrected chi connectivity index (χ4v) is 4.14. The molecule has 1 aromatic carbocycles. The first-order valence-corrected chi connectivity index (χ1v) is 10.1. The Morgan fingerprint density at radius 2 is 2.04 bits per heavy atom. The van der Waals surface area contributed by atoms with Crippen molar-refractivity contribution in [1.29, 1.82) is 0 Å². The van der Waals surface area contributed by atoms with Crippen LogP contribution >= 0.6 is 35.3 Å². The molecule has 1 aromatic heterocycles. The summed E-state index contributed by atoms with van der Waals surface area (Å²) in [6.07, 6.45) is -0.0457. The van der Waals surface area contributed by atoms with Gasteiger partial charge in [0.25, 0.3) is 0 Å². The predicted octanol–water partition coefficient (Wildman–Crippen LogP) is 4.44. The van der Waals surface area contributed by atoms with Crippen LogP contribution in [0.25, 0.3) is 0 Å². The van der Waals surface area contributed by atoms with Crippen LogP contribution in [0, 0.1) is 19.7 Å². The molecule has 0 spiro atoms. The molecular formula is C20H28FIN4OS. The van der Waals surface area contributed by atoms with Gasteiger partial charge in [-0.2, -0.15) is 0 Å². The highest BCUT2D eigenvalue weighted by atomic mass is 127. The third kappa shape index (κ3) is 5.87. The Morgan fingerprint density at radius 1 is 1.32 bits per heavy atom. The Balaban J connectivity index is 0.00000280. The number of benzene rings is 1. The summed E-state index contributed by atoms with van der Waals surface area (Å²) in [5, 5.41) is 4.46. The number of halogens is 2. The maximum atomic E-state index is 13.2. The minimum atomic E-state index is -0.232. The van der Waals surface area contributed by atoms with E-state index in [0.717, 1.165) is 35.3 Å². The van der Waals surface area contributed by atoms with Crippen LogP contribution in [0.2, 0.25) is 0 Å². The molecule has 0 aliphatic carbocycles. The van der Waals surface area contributed by atoms with E-state index in [0.29, 0.717) is 13.1 Å². The van der Waals surface area contributed by atoms with Crippen LogP contribution in [0.3, 0.4) is 0 Å². The highest BCUT2D eigenvalue weighted by molar-refractivity contribution is 14.0. The number of hydrogen-bond donors (Lipinski definition) is 1. The van der Waals surface area contributed by atoms with Crippen LogP contribution in [0.1, 0.15) is 41.1 Å². The number of nitrogens with one attached hydrogen (secondary N) is 1. The first-order chi connectivity index (χ1) is 13.0. The van der Waals surface area contributed by atoms with Gasteiger partial charge < -0.3 is 15.0 Å². The Morgan fingerprint density at radius 3 is 2.64 bits per heavy atom. The maximum absolute atomic E-state index is 13.2. The highest BCUT2D eigenvalue weighted by Crippen LogP contribution is 2.26. The summed E-state index contributed by atoms with van der Waals surface area (Å²) in [4.78, 5) is 12.8. The molecule has 1 aliphatic rings.